The van der Waals surface area contributed by atoms with E-state index in [1.807, 2.05) is 23.8 Å². The summed E-state index contributed by atoms with van der Waals surface area (Å²) in [5.41, 5.74) is 0.990. The number of hydrogen-bond acceptors (Lipinski definition) is 4. The highest BCUT2D eigenvalue weighted by Gasteiger charge is 2.27. The number of hydrogen-bond donors (Lipinski definition) is 1. The highest BCUT2D eigenvalue weighted by molar-refractivity contribution is 5.78. The minimum Gasteiger partial charge on any atom is -0.341 e. The molecule has 0 aliphatic carbocycles. The van der Waals surface area contributed by atoms with Crippen LogP contribution in [0, 0.1) is 12.7 Å². The first-order valence-electron chi connectivity index (χ1n) is 8.61. The Morgan fingerprint density at radius 2 is 2.16 bits per heavy atom. The Bertz CT molecular complexity index is 715. The quantitative estimate of drug-likeness (QED) is 0.901. The zero-order valence-corrected chi connectivity index (χ0v) is 14.7. The summed E-state index contributed by atoms with van der Waals surface area (Å²) >= 11 is 0. The fourth-order valence-electron chi connectivity index (χ4n) is 3.25. The predicted molar refractivity (Wildman–Crippen MR) is 92.4 cm³/mol. The first kappa shape index (κ1) is 17.5. The number of aryl methyl sites for hydroxylation is 1. The van der Waals surface area contributed by atoms with Gasteiger partial charge in [-0.2, -0.15) is 5.10 Å². The number of aromatic nitrogens is 3. The van der Waals surface area contributed by atoms with E-state index in [9.17, 15) is 9.18 Å². The van der Waals surface area contributed by atoms with Crippen LogP contribution in [0.3, 0.4) is 0 Å². The van der Waals surface area contributed by atoms with Gasteiger partial charge in [-0.3, -0.25) is 14.8 Å². The van der Waals surface area contributed by atoms with Crippen LogP contribution in [0.15, 0.2) is 24.3 Å². The van der Waals surface area contributed by atoms with E-state index in [2.05, 4.69) is 15.2 Å². The SMILES string of the molecule is Cc1nc([C@@H]2CCCN(C(=O)CN(C)Cc3ccc(F)cc3)C2)n[nH]1. The Kier molecular flexibility index (Phi) is 5.43. The van der Waals surface area contributed by atoms with Crippen molar-refractivity contribution in [1.82, 2.24) is 25.0 Å². The summed E-state index contributed by atoms with van der Waals surface area (Å²) in [6, 6.07) is 6.38. The number of nitrogens with zero attached hydrogens (tertiary/aromatic N) is 4. The molecule has 0 unspecified atom stereocenters. The van der Waals surface area contributed by atoms with Crippen molar-refractivity contribution in [3.8, 4) is 0 Å². The zero-order valence-electron chi connectivity index (χ0n) is 14.7. The van der Waals surface area contributed by atoms with E-state index in [1.165, 1.54) is 12.1 Å². The van der Waals surface area contributed by atoms with E-state index in [-0.39, 0.29) is 17.6 Å². The van der Waals surface area contributed by atoms with Crippen LogP contribution in [0.4, 0.5) is 4.39 Å². The number of H-pyrrole nitrogens is 1. The van der Waals surface area contributed by atoms with Gasteiger partial charge in [-0.15, -0.1) is 0 Å². The highest BCUT2D eigenvalue weighted by atomic mass is 19.1. The second-order valence-electron chi connectivity index (χ2n) is 6.76. The summed E-state index contributed by atoms with van der Waals surface area (Å²) in [4.78, 5) is 20.9. The molecule has 1 aromatic carbocycles. The first-order valence-corrected chi connectivity index (χ1v) is 8.61. The van der Waals surface area contributed by atoms with E-state index in [4.69, 9.17) is 0 Å². The van der Waals surface area contributed by atoms with Gasteiger partial charge in [0.15, 0.2) is 5.82 Å². The first-order chi connectivity index (χ1) is 12.0. The largest absolute Gasteiger partial charge is 0.341 e. The van der Waals surface area contributed by atoms with Gasteiger partial charge in [0.05, 0.1) is 6.54 Å². The molecule has 1 aliphatic heterocycles. The van der Waals surface area contributed by atoms with E-state index < -0.39 is 0 Å². The van der Waals surface area contributed by atoms with Crippen LogP contribution >= 0.6 is 0 Å². The smallest absolute Gasteiger partial charge is 0.236 e. The summed E-state index contributed by atoms with van der Waals surface area (Å²) in [5.74, 6) is 1.67. The number of likely N-dealkylation sites (N-methyl/N-ethyl adjacent to an activating group) is 1. The summed E-state index contributed by atoms with van der Waals surface area (Å²) in [5, 5.41) is 7.12. The van der Waals surface area contributed by atoms with Gasteiger partial charge in [0.2, 0.25) is 5.91 Å². The van der Waals surface area contributed by atoms with Crippen LogP contribution in [0.2, 0.25) is 0 Å². The number of piperidine rings is 1. The Morgan fingerprint density at radius 1 is 1.40 bits per heavy atom. The zero-order chi connectivity index (χ0) is 17.8. The van der Waals surface area contributed by atoms with Crippen molar-refractivity contribution >= 4 is 5.91 Å². The monoisotopic (exact) mass is 345 g/mol. The number of likely N-dealkylation sites (tertiary alicyclic amines) is 1. The normalized spacial score (nSPS) is 17.9. The van der Waals surface area contributed by atoms with Gasteiger partial charge in [0.1, 0.15) is 11.6 Å². The third-order valence-electron chi connectivity index (χ3n) is 4.52. The number of rotatable bonds is 5. The van der Waals surface area contributed by atoms with Crippen molar-refractivity contribution in [2.45, 2.75) is 32.2 Å². The molecule has 0 spiro atoms. The second-order valence-corrected chi connectivity index (χ2v) is 6.76. The lowest BCUT2D eigenvalue weighted by atomic mass is 9.97. The van der Waals surface area contributed by atoms with Crippen molar-refractivity contribution in [2.75, 3.05) is 26.7 Å². The van der Waals surface area contributed by atoms with Gasteiger partial charge in [-0.1, -0.05) is 12.1 Å². The standard InChI is InChI=1S/C18H24FN5O/c1-13-20-18(22-21-13)15-4-3-9-24(11-15)17(25)12-23(2)10-14-5-7-16(19)8-6-14/h5-8,15H,3-4,9-12H2,1-2H3,(H,20,21,22)/t15-/m1/s1. The summed E-state index contributed by atoms with van der Waals surface area (Å²) < 4.78 is 13.0. The molecular formula is C18H24FN5O. The molecule has 1 amide bonds. The molecule has 1 atom stereocenters. The number of amides is 1. The number of carbonyl (C=O) groups excluding carboxylic acids is 1. The van der Waals surface area contributed by atoms with Gasteiger partial charge in [0.25, 0.3) is 0 Å². The Morgan fingerprint density at radius 3 is 2.84 bits per heavy atom. The maximum atomic E-state index is 13.0. The topological polar surface area (TPSA) is 65.1 Å². The minimum atomic E-state index is -0.246. The molecule has 2 heterocycles. The lowest BCUT2D eigenvalue weighted by Crippen LogP contribution is -2.43. The minimum absolute atomic E-state index is 0.113. The number of nitrogens with one attached hydrogen (secondary N) is 1. The third kappa shape index (κ3) is 4.63. The molecule has 6 nitrogen and oxygen atoms in total. The van der Waals surface area contributed by atoms with Crippen LogP contribution in [0.5, 0.6) is 0 Å². The molecule has 1 saturated heterocycles. The fourth-order valence-corrected chi connectivity index (χ4v) is 3.25. The Labute approximate surface area is 147 Å². The predicted octanol–water partition coefficient (Wildman–Crippen LogP) is 2.09. The van der Waals surface area contributed by atoms with Crippen LogP contribution in [0.25, 0.3) is 0 Å². The highest BCUT2D eigenvalue weighted by Crippen LogP contribution is 2.24. The molecule has 0 bridgehead atoms. The molecule has 134 valence electrons. The number of benzene rings is 1. The summed E-state index contributed by atoms with van der Waals surface area (Å²) in [6.07, 6.45) is 1.97. The number of carbonyl (C=O) groups is 1. The summed E-state index contributed by atoms with van der Waals surface area (Å²) in [6.45, 7) is 4.29. The third-order valence-corrected chi connectivity index (χ3v) is 4.52. The second kappa shape index (κ2) is 7.74. The van der Waals surface area contributed by atoms with Gasteiger partial charge in [-0.05, 0) is 44.5 Å². The van der Waals surface area contributed by atoms with Crippen LogP contribution < -0.4 is 0 Å². The Balaban J connectivity index is 1.54. The van der Waals surface area contributed by atoms with Crippen molar-refractivity contribution in [3.05, 3.63) is 47.3 Å². The van der Waals surface area contributed by atoms with Crippen molar-refractivity contribution in [1.29, 1.82) is 0 Å². The van der Waals surface area contributed by atoms with Crippen molar-refractivity contribution < 1.29 is 9.18 Å². The van der Waals surface area contributed by atoms with Gasteiger partial charge >= 0.3 is 0 Å². The average molecular weight is 345 g/mol. The molecule has 1 aromatic heterocycles. The fraction of sp³-hybridized carbons (Fsp3) is 0.500. The average Bonchev–Trinajstić information content (AvgIpc) is 3.03. The van der Waals surface area contributed by atoms with Gasteiger partial charge in [-0.25, -0.2) is 9.37 Å². The van der Waals surface area contributed by atoms with E-state index in [0.717, 1.165) is 36.6 Å². The molecule has 25 heavy (non-hydrogen) atoms. The van der Waals surface area contributed by atoms with Gasteiger partial charge in [0, 0.05) is 25.6 Å². The maximum Gasteiger partial charge on any atom is 0.236 e. The van der Waals surface area contributed by atoms with Gasteiger partial charge < -0.3 is 4.90 Å². The number of halogens is 1. The van der Waals surface area contributed by atoms with Crippen LogP contribution in [0.1, 0.15) is 36.0 Å². The van der Waals surface area contributed by atoms with E-state index in [0.29, 0.717) is 19.6 Å². The van der Waals surface area contributed by atoms with Crippen LogP contribution in [-0.2, 0) is 11.3 Å². The lowest BCUT2D eigenvalue weighted by molar-refractivity contribution is -0.133. The van der Waals surface area contributed by atoms with E-state index in [1.54, 1.807) is 12.1 Å². The van der Waals surface area contributed by atoms with Crippen molar-refractivity contribution in [2.24, 2.45) is 0 Å². The van der Waals surface area contributed by atoms with Crippen molar-refractivity contribution in [3.63, 3.8) is 0 Å². The molecule has 3 rings (SSSR count). The molecular weight excluding hydrogens is 321 g/mol. The molecule has 1 fully saturated rings. The molecule has 2 aromatic rings. The Hall–Kier alpha value is -2.28. The number of aromatic amines is 1. The molecule has 1 aliphatic rings. The molecule has 0 saturated carbocycles. The van der Waals surface area contributed by atoms with E-state index >= 15 is 0 Å². The summed E-state index contributed by atoms with van der Waals surface area (Å²) in [7, 11) is 1.90. The molecule has 1 N–H and O–H groups in total. The van der Waals surface area contributed by atoms with Crippen LogP contribution in [-0.4, -0.2) is 57.6 Å². The molecule has 0 radical (unpaired) electrons. The molecule has 7 heteroatoms. The lowest BCUT2D eigenvalue weighted by Gasteiger charge is -2.32. The maximum absolute atomic E-state index is 13.0.